The Morgan fingerprint density at radius 3 is 2.76 bits per heavy atom. The molecule has 96 valence electrons. The summed E-state index contributed by atoms with van der Waals surface area (Å²) in [6.45, 7) is 8.86. The van der Waals surface area contributed by atoms with Crippen molar-refractivity contribution in [2.45, 2.75) is 19.5 Å². The summed E-state index contributed by atoms with van der Waals surface area (Å²) in [7, 11) is 2.19. The maximum atomic E-state index is 5.29. The molecule has 1 fully saturated rings. The van der Waals surface area contributed by atoms with Crippen LogP contribution in [-0.2, 0) is 6.54 Å². The molecule has 0 bridgehead atoms. The van der Waals surface area contributed by atoms with Crippen LogP contribution in [-0.4, -0.2) is 55.6 Å². The average molecular weight is 237 g/mol. The van der Waals surface area contributed by atoms with Gasteiger partial charge in [0.25, 0.3) is 0 Å². The minimum Gasteiger partial charge on any atom is -0.468 e. The van der Waals surface area contributed by atoms with Gasteiger partial charge < -0.3 is 14.6 Å². The summed E-state index contributed by atoms with van der Waals surface area (Å²) in [6, 6.07) is 4.53. The molecule has 1 atom stereocenters. The fourth-order valence-corrected chi connectivity index (χ4v) is 2.21. The van der Waals surface area contributed by atoms with Crippen LogP contribution < -0.4 is 5.32 Å². The molecule has 1 aromatic heterocycles. The number of furan rings is 1. The summed E-state index contributed by atoms with van der Waals surface area (Å²) < 4.78 is 5.29. The van der Waals surface area contributed by atoms with Crippen molar-refractivity contribution in [3.05, 3.63) is 24.2 Å². The van der Waals surface area contributed by atoms with Crippen LogP contribution in [0.2, 0.25) is 0 Å². The van der Waals surface area contributed by atoms with Crippen LogP contribution in [0.5, 0.6) is 0 Å². The van der Waals surface area contributed by atoms with Gasteiger partial charge >= 0.3 is 0 Å². The number of hydrogen-bond donors (Lipinski definition) is 1. The van der Waals surface area contributed by atoms with Gasteiger partial charge in [0, 0.05) is 38.8 Å². The van der Waals surface area contributed by atoms with Gasteiger partial charge in [0.05, 0.1) is 12.8 Å². The summed E-state index contributed by atoms with van der Waals surface area (Å²) in [5.41, 5.74) is 0. The molecule has 0 amide bonds. The SMILES string of the molecule is CC(CNCc1ccco1)N1CCN(C)CC1. The number of likely N-dealkylation sites (N-methyl/N-ethyl adjacent to an activating group) is 1. The van der Waals surface area contributed by atoms with Gasteiger partial charge in [-0.15, -0.1) is 0 Å². The van der Waals surface area contributed by atoms with Gasteiger partial charge in [0.2, 0.25) is 0 Å². The standard InChI is InChI=1S/C13H23N3O/c1-12(16-7-5-15(2)6-8-16)10-14-11-13-4-3-9-17-13/h3-4,9,12,14H,5-8,10-11H2,1-2H3. The molecule has 4 nitrogen and oxygen atoms in total. The predicted molar refractivity (Wildman–Crippen MR) is 68.9 cm³/mol. The Bertz CT molecular complexity index is 304. The van der Waals surface area contributed by atoms with Crippen molar-refractivity contribution < 1.29 is 4.42 Å². The van der Waals surface area contributed by atoms with E-state index in [2.05, 4.69) is 29.1 Å². The first-order valence-corrected chi connectivity index (χ1v) is 6.41. The fraction of sp³-hybridized carbons (Fsp3) is 0.692. The van der Waals surface area contributed by atoms with Crippen molar-refractivity contribution in [3.8, 4) is 0 Å². The fourth-order valence-electron chi connectivity index (χ4n) is 2.21. The molecular weight excluding hydrogens is 214 g/mol. The third kappa shape index (κ3) is 3.84. The molecule has 1 saturated heterocycles. The number of nitrogens with zero attached hydrogens (tertiary/aromatic N) is 2. The Labute approximate surface area is 104 Å². The lowest BCUT2D eigenvalue weighted by Crippen LogP contribution is -2.50. The second kappa shape index (κ2) is 6.19. The summed E-state index contributed by atoms with van der Waals surface area (Å²) >= 11 is 0. The van der Waals surface area contributed by atoms with Crippen LogP contribution in [0.4, 0.5) is 0 Å². The van der Waals surface area contributed by atoms with E-state index in [-0.39, 0.29) is 0 Å². The van der Waals surface area contributed by atoms with E-state index in [9.17, 15) is 0 Å². The van der Waals surface area contributed by atoms with E-state index in [1.807, 2.05) is 12.1 Å². The molecule has 0 aromatic carbocycles. The third-order valence-corrected chi connectivity index (χ3v) is 3.48. The lowest BCUT2D eigenvalue weighted by molar-refractivity contribution is 0.117. The van der Waals surface area contributed by atoms with E-state index < -0.39 is 0 Å². The molecule has 1 aromatic rings. The highest BCUT2D eigenvalue weighted by molar-refractivity contribution is 4.97. The van der Waals surface area contributed by atoms with Crippen molar-refractivity contribution >= 4 is 0 Å². The van der Waals surface area contributed by atoms with Crippen molar-refractivity contribution in [2.75, 3.05) is 39.8 Å². The van der Waals surface area contributed by atoms with Crippen LogP contribution in [0.3, 0.4) is 0 Å². The molecule has 0 radical (unpaired) electrons. The van der Waals surface area contributed by atoms with Crippen LogP contribution >= 0.6 is 0 Å². The number of nitrogens with one attached hydrogen (secondary N) is 1. The second-order valence-corrected chi connectivity index (χ2v) is 4.90. The molecule has 1 aliphatic rings. The van der Waals surface area contributed by atoms with Gasteiger partial charge in [-0.2, -0.15) is 0 Å². The minimum absolute atomic E-state index is 0.596. The average Bonchev–Trinajstić information content (AvgIpc) is 2.83. The quantitative estimate of drug-likeness (QED) is 0.828. The molecular formula is C13H23N3O. The van der Waals surface area contributed by atoms with Gasteiger partial charge in [-0.3, -0.25) is 4.90 Å². The molecule has 0 aliphatic carbocycles. The minimum atomic E-state index is 0.596. The van der Waals surface area contributed by atoms with Crippen molar-refractivity contribution in [1.82, 2.24) is 15.1 Å². The highest BCUT2D eigenvalue weighted by atomic mass is 16.3. The summed E-state index contributed by atoms with van der Waals surface area (Å²) in [5, 5.41) is 3.45. The van der Waals surface area contributed by atoms with Crippen molar-refractivity contribution in [3.63, 3.8) is 0 Å². The molecule has 0 spiro atoms. The zero-order valence-electron chi connectivity index (χ0n) is 10.9. The van der Waals surface area contributed by atoms with E-state index >= 15 is 0 Å². The normalized spacial score (nSPS) is 20.6. The van der Waals surface area contributed by atoms with Crippen molar-refractivity contribution in [2.24, 2.45) is 0 Å². The van der Waals surface area contributed by atoms with Crippen molar-refractivity contribution in [1.29, 1.82) is 0 Å². The summed E-state index contributed by atoms with van der Waals surface area (Å²) in [4.78, 5) is 4.94. The third-order valence-electron chi connectivity index (χ3n) is 3.48. The molecule has 1 N–H and O–H groups in total. The second-order valence-electron chi connectivity index (χ2n) is 4.90. The van der Waals surface area contributed by atoms with E-state index in [1.54, 1.807) is 6.26 Å². The highest BCUT2D eigenvalue weighted by Gasteiger charge is 2.18. The number of hydrogen-bond acceptors (Lipinski definition) is 4. The number of rotatable bonds is 5. The molecule has 2 heterocycles. The zero-order valence-corrected chi connectivity index (χ0v) is 10.9. The van der Waals surface area contributed by atoms with Crippen LogP contribution in [0.15, 0.2) is 22.8 Å². The first kappa shape index (κ1) is 12.6. The van der Waals surface area contributed by atoms with Crippen LogP contribution in [0.25, 0.3) is 0 Å². The Kier molecular flexibility index (Phi) is 4.59. The Morgan fingerprint density at radius 2 is 2.12 bits per heavy atom. The number of piperazine rings is 1. The Hall–Kier alpha value is -0.840. The molecule has 4 heteroatoms. The smallest absolute Gasteiger partial charge is 0.117 e. The maximum Gasteiger partial charge on any atom is 0.117 e. The van der Waals surface area contributed by atoms with Gasteiger partial charge in [-0.25, -0.2) is 0 Å². The van der Waals surface area contributed by atoms with Gasteiger partial charge in [0.15, 0.2) is 0 Å². The molecule has 0 saturated carbocycles. The predicted octanol–water partition coefficient (Wildman–Crippen LogP) is 1.01. The lowest BCUT2D eigenvalue weighted by atomic mass is 10.2. The molecule has 1 aliphatic heterocycles. The van der Waals surface area contributed by atoms with E-state index in [0.717, 1.165) is 18.8 Å². The van der Waals surface area contributed by atoms with Gasteiger partial charge in [-0.1, -0.05) is 0 Å². The first-order valence-electron chi connectivity index (χ1n) is 6.41. The van der Waals surface area contributed by atoms with Crippen LogP contribution in [0, 0.1) is 0 Å². The first-order chi connectivity index (χ1) is 8.25. The zero-order chi connectivity index (χ0) is 12.1. The van der Waals surface area contributed by atoms with Gasteiger partial charge in [0.1, 0.15) is 5.76 Å². The topological polar surface area (TPSA) is 31.7 Å². The van der Waals surface area contributed by atoms with E-state index in [4.69, 9.17) is 4.42 Å². The molecule has 2 rings (SSSR count). The Morgan fingerprint density at radius 1 is 1.35 bits per heavy atom. The largest absolute Gasteiger partial charge is 0.468 e. The molecule has 17 heavy (non-hydrogen) atoms. The van der Waals surface area contributed by atoms with Crippen LogP contribution in [0.1, 0.15) is 12.7 Å². The Balaban J connectivity index is 1.65. The lowest BCUT2D eigenvalue weighted by Gasteiger charge is -2.36. The maximum absolute atomic E-state index is 5.29. The monoisotopic (exact) mass is 237 g/mol. The highest BCUT2D eigenvalue weighted by Crippen LogP contribution is 2.04. The summed E-state index contributed by atoms with van der Waals surface area (Å²) in [6.07, 6.45) is 1.72. The van der Waals surface area contributed by atoms with Gasteiger partial charge in [-0.05, 0) is 26.1 Å². The summed E-state index contributed by atoms with van der Waals surface area (Å²) in [5.74, 6) is 1.01. The van der Waals surface area contributed by atoms with E-state index in [0.29, 0.717) is 6.04 Å². The molecule has 1 unspecified atom stereocenters. The van der Waals surface area contributed by atoms with E-state index in [1.165, 1.54) is 26.2 Å².